The number of aryl methyl sites for hydroxylation is 1. The van der Waals surface area contributed by atoms with Crippen molar-refractivity contribution < 1.29 is 13.2 Å². The van der Waals surface area contributed by atoms with Crippen molar-refractivity contribution in [1.29, 1.82) is 0 Å². The molecule has 2 heterocycles. The van der Waals surface area contributed by atoms with E-state index in [9.17, 15) is 13.2 Å². The third-order valence-corrected chi connectivity index (χ3v) is 4.38. The van der Waals surface area contributed by atoms with Crippen molar-refractivity contribution >= 4 is 0 Å². The second-order valence-corrected chi connectivity index (χ2v) is 5.97. The molecule has 0 aliphatic carbocycles. The van der Waals surface area contributed by atoms with Crippen LogP contribution in [0.5, 0.6) is 0 Å². The van der Waals surface area contributed by atoms with E-state index in [0.29, 0.717) is 13.1 Å². The van der Waals surface area contributed by atoms with Gasteiger partial charge in [0.2, 0.25) is 0 Å². The molecule has 1 aliphatic heterocycles. The van der Waals surface area contributed by atoms with Crippen LogP contribution in [0.1, 0.15) is 17.7 Å². The molecule has 124 valence electrons. The zero-order valence-electron chi connectivity index (χ0n) is 13.1. The van der Waals surface area contributed by atoms with Crippen molar-refractivity contribution in [3.63, 3.8) is 0 Å². The van der Waals surface area contributed by atoms with E-state index in [1.165, 1.54) is 5.56 Å². The predicted molar refractivity (Wildman–Crippen MR) is 83.2 cm³/mol. The van der Waals surface area contributed by atoms with E-state index in [1.54, 1.807) is 0 Å². The molecule has 0 N–H and O–H groups in total. The number of aromatic nitrogens is 2. The summed E-state index contributed by atoms with van der Waals surface area (Å²) in [6, 6.07) is 9.96. The van der Waals surface area contributed by atoms with Crippen LogP contribution in [0.25, 0.3) is 11.3 Å². The topological polar surface area (TPSA) is 21.1 Å². The van der Waals surface area contributed by atoms with Gasteiger partial charge in [0.05, 0.1) is 12.1 Å². The first-order chi connectivity index (χ1) is 10.9. The lowest BCUT2D eigenvalue weighted by molar-refractivity contribution is -0.137. The summed E-state index contributed by atoms with van der Waals surface area (Å²) in [7, 11) is 1.91. The number of hydrogen-bond acceptors (Lipinski definition) is 2. The molecular weight excluding hydrogens is 303 g/mol. The molecule has 0 fully saturated rings. The second kappa shape index (κ2) is 6.35. The largest absolute Gasteiger partial charge is 0.390 e. The Balaban J connectivity index is 1.78. The highest BCUT2D eigenvalue weighted by atomic mass is 19.4. The van der Waals surface area contributed by atoms with Crippen LogP contribution < -0.4 is 0 Å². The van der Waals surface area contributed by atoms with E-state index >= 15 is 0 Å². The van der Waals surface area contributed by atoms with Gasteiger partial charge in [-0.15, -0.1) is 0 Å². The third-order valence-electron chi connectivity index (χ3n) is 4.38. The van der Waals surface area contributed by atoms with Gasteiger partial charge in [-0.05, 0) is 6.42 Å². The summed E-state index contributed by atoms with van der Waals surface area (Å²) in [6.07, 6.45) is -3.35. The number of nitrogens with zero attached hydrogens (tertiary/aromatic N) is 3. The maximum absolute atomic E-state index is 12.4. The van der Waals surface area contributed by atoms with Crippen molar-refractivity contribution in [1.82, 2.24) is 14.7 Å². The SMILES string of the molecule is Cn1nc(-c2ccccc2)c2c1CCN(CCC(F)(F)F)CC2. The minimum atomic E-state index is -4.09. The molecule has 0 radical (unpaired) electrons. The lowest BCUT2D eigenvalue weighted by atomic mass is 10.0. The van der Waals surface area contributed by atoms with Gasteiger partial charge in [0.1, 0.15) is 0 Å². The van der Waals surface area contributed by atoms with Crippen LogP contribution in [0.15, 0.2) is 30.3 Å². The van der Waals surface area contributed by atoms with Crippen LogP contribution in [0, 0.1) is 0 Å². The van der Waals surface area contributed by atoms with E-state index < -0.39 is 12.6 Å². The van der Waals surface area contributed by atoms with Gasteiger partial charge in [0, 0.05) is 49.9 Å². The standard InChI is InChI=1S/C17H20F3N3/c1-22-15-8-11-23(12-9-17(18,19)20)10-7-14(15)16(21-22)13-5-3-2-4-6-13/h2-6H,7-12H2,1H3. The molecule has 2 aromatic rings. The summed E-state index contributed by atoms with van der Waals surface area (Å²) in [5, 5.41) is 4.63. The molecule has 1 aromatic heterocycles. The summed E-state index contributed by atoms with van der Waals surface area (Å²) in [5.74, 6) is 0. The van der Waals surface area contributed by atoms with Gasteiger partial charge < -0.3 is 4.90 Å². The van der Waals surface area contributed by atoms with Gasteiger partial charge in [-0.25, -0.2) is 0 Å². The van der Waals surface area contributed by atoms with E-state index in [2.05, 4.69) is 5.10 Å². The number of hydrogen-bond donors (Lipinski definition) is 0. The Kier molecular flexibility index (Phi) is 4.43. The molecule has 0 atom stereocenters. The van der Waals surface area contributed by atoms with Crippen molar-refractivity contribution in [2.24, 2.45) is 7.05 Å². The molecule has 6 heteroatoms. The van der Waals surface area contributed by atoms with E-state index in [1.807, 2.05) is 47.0 Å². The molecule has 0 bridgehead atoms. The van der Waals surface area contributed by atoms with Crippen LogP contribution in [0.4, 0.5) is 13.2 Å². The molecule has 3 nitrogen and oxygen atoms in total. The minimum absolute atomic E-state index is 0.0750. The van der Waals surface area contributed by atoms with Crippen LogP contribution in [-0.4, -0.2) is 40.5 Å². The summed E-state index contributed by atoms with van der Waals surface area (Å²) in [6.45, 7) is 1.37. The Morgan fingerprint density at radius 1 is 1.09 bits per heavy atom. The van der Waals surface area contributed by atoms with Gasteiger partial charge in [0.15, 0.2) is 0 Å². The van der Waals surface area contributed by atoms with E-state index in [0.717, 1.165) is 29.8 Å². The lowest BCUT2D eigenvalue weighted by Crippen LogP contribution is -2.30. The Labute approximate surface area is 133 Å². The number of rotatable bonds is 3. The van der Waals surface area contributed by atoms with E-state index in [4.69, 9.17) is 0 Å². The fourth-order valence-corrected chi connectivity index (χ4v) is 3.16. The van der Waals surface area contributed by atoms with Crippen molar-refractivity contribution in [3.8, 4) is 11.3 Å². The Bertz CT molecular complexity index is 662. The summed E-state index contributed by atoms with van der Waals surface area (Å²) >= 11 is 0. The lowest BCUT2D eigenvalue weighted by Gasteiger charge is -2.20. The van der Waals surface area contributed by atoms with Gasteiger partial charge in [-0.1, -0.05) is 30.3 Å². The quantitative estimate of drug-likeness (QED) is 0.863. The molecule has 0 unspecified atom stereocenters. The minimum Gasteiger partial charge on any atom is -0.302 e. The fourth-order valence-electron chi connectivity index (χ4n) is 3.16. The van der Waals surface area contributed by atoms with Crippen molar-refractivity contribution in [2.45, 2.75) is 25.4 Å². The summed E-state index contributed by atoms with van der Waals surface area (Å²) in [4.78, 5) is 1.91. The maximum atomic E-state index is 12.4. The molecule has 23 heavy (non-hydrogen) atoms. The molecule has 1 aliphatic rings. The molecular formula is C17H20F3N3. The normalized spacial score (nSPS) is 16.2. The average Bonchev–Trinajstić information content (AvgIpc) is 2.70. The monoisotopic (exact) mass is 323 g/mol. The van der Waals surface area contributed by atoms with Crippen molar-refractivity contribution in [2.75, 3.05) is 19.6 Å². The summed E-state index contributed by atoms with van der Waals surface area (Å²) < 4.78 is 39.2. The van der Waals surface area contributed by atoms with Crippen LogP contribution >= 0.6 is 0 Å². The second-order valence-electron chi connectivity index (χ2n) is 5.97. The van der Waals surface area contributed by atoms with Crippen LogP contribution in [0.2, 0.25) is 0 Å². The highest BCUT2D eigenvalue weighted by Gasteiger charge is 2.29. The Morgan fingerprint density at radius 3 is 2.48 bits per heavy atom. The fraction of sp³-hybridized carbons (Fsp3) is 0.471. The molecule has 0 saturated carbocycles. The number of fused-ring (bicyclic) bond motifs is 1. The molecule has 0 spiro atoms. The number of halogens is 3. The predicted octanol–water partition coefficient (Wildman–Crippen LogP) is 3.44. The zero-order chi connectivity index (χ0) is 16.4. The number of alkyl halides is 3. The Morgan fingerprint density at radius 2 is 1.78 bits per heavy atom. The third kappa shape index (κ3) is 3.75. The van der Waals surface area contributed by atoms with E-state index in [-0.39, 0.29) is 6.54 Å². The Hall–Kier alpha value is -1.82. The van der Waals surface area contributed by atoms with Crippen LogP contribution in [-0.2, 0) is 19.9 Å². The van der Waals surface area contributed by atoms with Gasteiger partial charge >= 0.3 is 6.18 Å². The average molecular weight is 323 g/mol. The van der Waals surface area contributed by atoms with Crippen molar-refractivity contribution in [3.05, 3.63) is 41.6 Å². The first kappa shape index (κ1) is 16.1. The van der Waals surface area contributed by atoms with Gasteiger partial charge in [-0.3, -0.25) is 4.68 Å². The highest BCUT2D eigenvalue weighted by molar-refractivity contribution is 5.64. The maximum Gasteiger partial charge on any atom is 0.390 e. The zero-order valence-corrected chi connectivity index (χ0v) is 13.1. The first-order valence-electron chi connectivity index (χ1n) is 7.83. The molecule has 1 aromatic carbocycles. The van der Waals surface area contributed by atoms with Gasteiger partial charge in [0.25, 0.3) is 0 Å². The molecule has 0 amide bonds. The van der Waals surface area contributed by atoms with Gasteiger partial charge in [-0.2, -0.15) is 18.3 Å². The first-order valence-corrected chi connectivity index (χ1v) is 7.83. The molecule has 3 rings (SSSR count). The molecule has 0 saturated heterocycles. The smallest absolute Gasteiger partial charge is 0.302 e. The van der Waals surface area contributed by atoms with Crippen LogP contribution in [0.3, 0.4) is 0 Å². The highest BCUT2D eigenvalue weighted by Crippen LogP contribution is 2.28. The number of benzene rings is 1. The summed E-state index contributed by atoms with van der Waals surface area (Å²) in [5.41, 5.74) is 4.33.